The number of hydrogen-bond donors (Lipinski definition) is 0. The summed E-state index contributed by atoms with van der Waals surface area (Å²) in [5.74, 6) is 0.819. The second kappa shape index (κ2) is 12.7. The smallest absolute Gasteiger partial charge is 0.227 e. The number of aryl methyl sites for hydroxylation is 2. The van der Waals surface area contributed by atoms with Crippen molar-refractivity contribution in [2.24, 2.45) is 4.99 Å². The summed E-state index contributed by atoms with van der Waals surface area (Å²) in [6, 6.07) is 20.7. The van der Waals surface area contributed by atoms with Crippen LogP contribution < -0.4 is 9.75 Å². The number of allylic oxidation sites excluding steroid dienone is 2. The quantitative estimate of drug-likeness (QED) is 0.108. The molecule has 2 aliphatic rings. The first-order valence-corrected chi connectivity index (χ1v) is 21.4. The van der Waals surface area contributed by atoms with Crippen LogP contribution in [-0.4, -0.2) is 25.3 Å². The first-order valence-electron chi connectivity index (χ1n) is 17.9. The van der Waals surface area contributed by atoms with Gasteiger partial charge in [-0.3, -0.25) is 4.99 Å². The van der Waals surface area contributed by atoms with Crippen LogP contribution in [0, 0.1) is 6.92 Å². The van der Waals surface area contributed by atoms with Gasteiger partial charge in [-0.15, -0.1) is 0 Å². The highest BCUT2D eigenvalue weighted by molar-refractivity contribution is 6.89. The Morgan fingerprint density at radius 3 is 2.62 bits per heavy atom. The summed E-state index contributed by atoms with van der Waals surface area (Å²) < 4.78 is 9.28. The molecule has 7 rings (SSSR count). The molecule has 2 aromatic carbocycles. The molecule has 0 bridgehead atoms. The number of rotatable bonds is 5. The number of furan rings is 1. The van der Waals surface area contributed by atoms with Crippen LogP contribution in [0.3, 0.4) is 0 Å². The molecule has 0 N–H and O–H groups in total. The van der Waals surface area contributed by atoms with Crippen molar-refractivity contribution in [3.8, 4) is 11.3 Å². The van der Waals surface area contributed by atoms with Crippen LogP contribution in [0.4, 0.5) is 0 Å². The Balaban J connectivity index is 1.43. The van der Waals surface area contributed by atoms with Crippen LogP contribution in [0.5, 0.6) is 0 Å². The van der Waals surface area contributed by atoms with Crippen LogP contribution in [-0.2, 0) is 6.42 Å². The van der Waals surface area contributed by atoms with Gasteiger partial charge in [0.1, 0.15) is 5.58 Å². The lowest BCUT2D eigenvalue weighted by Crippen LogP contribution is -2.54. The predicted molar refractivity (Wildman–Crippen MR) is 205 cm³/mol. The molecule has 0 spiro atoms. The number of unbranched alkanes of at least 4 members (excludes halogenated alkanes) is 1. The highest BCUT2D eigenvalue weighted by Gasteiger charge is 2.42. The number of aliphatic imine (C=N–C) groups is 1. The van der Waals surface area contributed by atoms with Crippen molar-refractivity contribution in [1.29, 1.82) is 0 Å². The highest BCUT2D eigenvalue weighted by Crippen LogP contribution is 2.44. The van der Waals surface area contributed by atoms with Crippen molar-refractivity contribution in [2.45, 2.75) is 97.3 Å². The van der Waals surface area contributed by atoms with E-state index in [0.29, 0.717) is 24.1 Å². The maximum atomic E-state index is 6.63. The Kier molecular flexibility index (Phi) is 8.61. The lowest BCUT2D eigenvalue weighted by atomic mass is 9.77. The van der Waals surface area contributed by atoms with Crippen molar-refractivity contribution < 1.29 is 8.98 Å². The molecular weight excluding hydrogens is 603 g/mol. The van der Waals surface area contributed by atoms with E-state index in [1.807, 2.05) is 6.92 Å². The number of fused-ring (bicyclic) bond motifs is 11. The fourth-order valence-electron chi connectivity index (χ4n) is 8.01. The topological polar surface area (TPSA) is 42.3 Å². The van der Waals surface area contributed by atoms with Crippen molar-refractivity contribution >= 4 is 41.0 Å². The first-order chi connectivity index (χ1) is 23.0. The second-order valence-corrected chi connectivity index (χ2v) is 20.4. The van der Waals surface area contributed by atoms with Crippen molar-refractivity contribution in [3.05, 3.63) is 113 Å². The summed E-state index contributed by atoms with van der Waals surface area (Å²) in [7, 11) is -1.62. The molecule has 2 unspecified atom stereocenters. The number of pyridine rings is 2. The van der Waals surface area contributed by atoms with Gasteiger partial charge < -0.3 is 4.42 Å². The molecule has 2 aliphatic heterocycles. The van der Waals surface area contributed by atoms with E-state index in [1.165, 1.54) is 33.5 Å². The summed E-state index contributed by atoms with van der Waals surface area (Å²) >= 11 is 0. The maximum Gasteiger partial charge on any atom is 0.227 e. The minimum absolute atomic E-state index is 0.275. The van der Waals surface area contributed by atoms with Crippen molar-refractivity contribution in [2.75, 3.05) is 6.54 Å². The van der Waals surface area contributed by atoms with Gasteiger partial charge in [-0.1, -0.05) is 89.8 Å². The van der Waals surface area contributed by atoms with Crippen molar-refractivity contribution in [1.82, 2.24) is 4.98 Å². The summed E-state index contributed by atoms with van der Waals surface area (Å²) in [6.07, 6.45) is 12.0. The zero-order chi connectivity index (χ0) is 33.7. The predicted octanol–water partition coefficient (Wildman–Crippen LogP) is 10.3. The molecule has 246 valence electrons. The molecule has 5 heteroatoms. The van der Waals surface area contributed by atoms with Gasteiger partial charge in [-0.05, 0) is 78.6 Å². The molecule has 0 fully saturated rings. The molecule has 3 aromatic heterocycles. The summed E-state index contributed by atoms with van der Waals surface area (Å²) in [5, 5.41) is 3.73. The van der Waals surface area contributed by atoms with Crippen molar-refractivity contribution in [3.63, 3.8) is 0 Å². The van der Waals surface area contributed by atoms with E-state index in [4.69, 9.17) is 14.4 Å². The minimum atomic E-state index is -1.62. The number of benzene rings is 2. The van der Waals surface area contributed by atoms with E-state index >= 15 is 0 Å². The third-order valence-electron chi connectivity index (χ3n) is 10.5. The van der Waals surface area contributed by atoms with Crippen LogP contribution >= 0.6 is 0 Å². The molecule has 0 radical (unpaired) electrons. The van der Waals surface area contributed by atoms with Gasteiger partial charge in [0.05, 0.1) is 20.3 Å². The van der Waals surface area contributed by atoms with Gasteiger partial charge in [0.15, 0.2) is 12.2 Å². The molecule has 48 heavy (non-hydrogen) atoms. The third kappa shape index (κ3) is 5.81. The fourth-order valence-corrected chi connectivity index (χ4v) is 9.76. The van der Waals surface area contributed by atoms with Crippen LogP contribution in [0.25, 0.3) is 33.3 Å². The van der Waals surface area contributed by atoms with Gasteiger partial charge in [0, 0.05) is 51.2 Å². The average Bonchev–Trinajstić information content (AvgIpc) is 3.41. The second-order valence-electron chi connectivity index (χ2n) is 15.4. The lowest BCUT2D eigenvalue weighted by Gasteiger charge is -2.33. The molecule has 0 aliphatic carbocycles. The zero-order valence-corrected chi connectivity index (χ0v) is 30.9. The van der Waals surface area contributed by atoms with E-state index in [2.05, 4.69) is 125 Å². The van der Waals surface area contributed by atoms with Gasteiger partial charge in [0.25, 0.3) is 0 Å². The zero-order valence-electron chi connectivity index (χ0n) is 29.9. The highest BCUT2D eigenvalue weighted by atomic mass is 28.3. The Hall–Kier alpha value is -4.09. The molecule has 5 heterocycles. The first kappa shape index (κ1) is 32.5. The fraction of sp³-hybridized carbons (Fsp3) is 0.372. The maximum absolute atomic E-state index is 6.63. The molecular formula is C43H50N3OSi+. The van der Waals surface area contributed by atoms with Gasteiger partial charge in [-0.25, -0.2) is 4.98 Å². The average molecular weight is 653 g/mol. The van der Waals surface area contributed by atoms with E-state index < -0.39 is 8.07 Å². The summed E-state index contributed by atoms with van der Waals surface area (Å²) in [5.41, 5.74) is 12.8. The number of nitrogens with zero attached hydrogens (tertiary/aromatic N) is 3. The monoisotopic (exact) mass is 652 g/mol. The van der Waals surface area contributed by atoms with E-state index in [-0.39, 0.29) is 6.04 Å². The number of aromatic nitrogens is 2. The van der Waals surface area contributed by atoms with Gasteiger partial charge >= 0.3 is 0 Å². The van der Waals surface area contributed by atoms with Gasteiger partial charge in [-0.2, -0.15) is 4.57 Å². The molecule has 4 nitrogen and oxygen atoms in total. The largest absolute Gasteiger partial charge is 0.437 e. The third-order valence-corrected chi connectivity index (χ3v) is 12.5. The Bertz CT molecular complexity index is 2110. The van der Waals surface area contributed by atoms with Crippen LogP contribution in [0.15, 0.2) is 94.5 Å². The Morgan fingerprint density at radius 2 is 1.85 bits per heavy atom. The van der Waals surface area contributed by atoms with E-state index in [0.717, 1.165) is 65.4 Å². The summed E-state index contributed by atoms with van der Waals surface area (Å²) in [6.45, 7) is 21.7. The van der Waals surface area contributed by atoms with Gasteiger partial charge in [0.2, 0.25) is 11.4 Å². The number of hydrogen-bond acceptors (Lipinski definition) is 3. The molecule has 5 aromatic rings. The SMILES string of the molecule is C=C1C/N=C(/C=C\CCC)c2c(ccc3c2oc2nc(C)ccc23)CCC2c3ccccc3-c3cc(C(C)C)c([Si](C)(C)C)c[n+]3C2C1. The van der Waals surface area contributed by atoms with Crippen LogP contribution in [0.1, 0.15) is 92.3 Å². The summed E-state index contributed by atoms with van der Waals surface area (Å²) in [4.78, 5) is 10.1. The molecule has 0 saturated heterocycles. The van der Waals surface area contributed by atoms with E-state index in [1.54, 1.807) is 5.19 Å². The standard InChI is InChI=1S/C43H50N3OSi/c1-9-10-11-16-37-41-30(19-22-34-35-20-17-29(5)45-43(35)47-42(34)41)18-21-33-31-14-12-13-15-32(31)39-24-36(27(2)3)40(48(6,7)8)26-46(39)38(33)23-28(4)25-44-37/h11-17,19-20,22,24,26-27,33,38H,4,9-10,18,21,23,25H2,1-3,5-8H3/q+1/b16-11-,44-37-. The van der Waals surface area contributed by atoms with Crippen LogP contribution in [0.2, 0.25) is 19.6 Å². The molecule has 0 amide bonds. The van der Waals surface area contributed by atoms with E-state index in [9.17, 15) is 0 Å². The molecule has 0 saturated carbocycles. The minimum Gasteiger partial charge on any atom is -0.437 e. The normalized spacial score (nSPS) is 19.5. The Labute approximate surface area is 287 Å². The Morgan fingerprint density at radius 1 is 1.06 bits per heavy atom. The molecule has 2 atom stereocenters. The lowest BCUT2D eigenvalue weighted by molar-refractivity contribution is -0.717.